The van der Waals surface area contributed by atoms with Crippen LogP contribution in [0.1, 0.15) is 45.1 Å². The Hall–Kier alpha value is -2.00. The zero-order valence-electron chi connectivity index (χ0n) is 20.0. The Bertz CT molecular complexity index is 883. The third-order valence-corrected chi connectivity index (χ3v) is 7.00. The molecule has 2 aromatic carbocycles. The van der Waals surface area contributed by atoms with Gasteiger partial charge in [0.1, 0.15) is 5.82 Å². The molecule has 0 aromatic heterocycles. The molecule has 4 rings (SSSR count). The molecule has 1 aliphatic heterocycles. The highest BCUT2D eigenvalue weighted by molar-refractivity contribution is 7.97. The minimum absolute atomic E-state index is 0.0850. The van der Waals surface area contributed by atoms with Gasteiger partial charge in [0.15, 0.2) is 0 Å². The summed E-state index contributed by atoms with van der Waals surface area (Å²) >= 11 is 1.75. The van der Waals surface area contributed by atoms with E-state index in [0.717, 1.165) is 43.2 Å². The Balaban J connectivity index is 0.000000541. The van der Waals surface area contributed by atoms with E-state index in [1.54, 1.807) is 11.9 Å². The van der Waals surface area contributed by atoms with Gasteiger partial charge in [-0.05, 0) is 50.2 Å². The highest BCUT2D eigenvalue weighted by atomic mass is 32.2. The number of ether oxygens (including phenoxy) is 1. The van der Waals surface area contributed by atoms with Crippen molar-refractivity contribution in [1.82, 2.24) is 9.62 Å². The molecule has 0 amide bonds. The van der Waals surface area contributed by atoms with Crippen LogP contribution in [-0.2, 0) is 11.2 Å². The van der Waals surface area contributed by atoms with Crippen LogP contribution in [-0.4, -0.2) is 43.0 Å². The summed E-state index contributed by atoms with van der Waals surface area (Å²) in [5.41, 5.74) is 2.54. The fourth-order valence-electron chi connectivity index (χ4n) is 4.08. The Kier molecular flexibility index (Phi) is 10.1. The summed E-state index contributed by atoms with van der Waals surface area (Å²) in [4.78, 5) is 2.06. The maximum atomic E-state index is 15.2. The van der Waals surface area contributed by atoms with Crippen LogP contribution in [0.4, 0.5) is 4.39 Å². The van der Waals surface area contributed by atoms with Crippen molar-refractivity contribution in [3.05, 3.63) is 59.9 Å². The summed E-state index contributed by atoms with van der Waals surface area (Å²) < 4.78 is 23.6. The third-order valence-electron chi connectivity index (χ3n) is 6.36. The first-order valence-electron chi connectivity index (χ1n) is 12.1. The zero-order chi connectivity index (χ0) is 23.5. The minimum atomic E-state index is -0.139. The summed E-state index contributed by atoms with van der Waals surface area (Å²) in [5, 5.41) is 0. The van der Waals surface area contributed by atoms with Gasteiger partial charge in [-0.15, -0.1) is 0 Å². The quantitative estimate of drug-likeness (QED) is 0.196. The summed E-state index contributed by atoms with van der Waals surface area (Å²) in [7, 11) is 0. The first-order valence-corrected chi connectivity index (χ1v) is 13.1. The molecule has 1 unspecified atom stereocenters. The van der Waals surface area contributed by atoms with Crippen LogP contribution in [0.3, 0.4) is 0 Å². The number of hydrogen-bond donors (Lipinski definition) is 1. The average Bonchev–Trinajstić information content (AvgIpc) is 3.32. The van der Waals surface area contributed by atoms with Gasteiger partial charge in [0, 0.05) is 55.1 Å². The lowest BCUT2D eigenvalue weighted by Crippen LogP contribution is -2.38. The third kappa shape index (κ3) is 7.78. The molecule has 1 saturated heterocycles. The van der Waals surface area contributed by atoms with Crippen LogP contribution in [0, 0.1) is 23.7 Å². The van der Waals surface area contributed by atoms with Gasteiger partial charge in [0.25, 0.3) is 0 Å². The van der Waals surface area contributed by atoms with E-state index >= 15 is 4.39 Å². The Labute approximate surface area is 203 Å². The molecule has 1 aliphatic carbocycles. The van der Waals surface area contributed by atoms with E-state index in [1.165, 1.54) is 25.7 Å². The van der Waals surface area contributed by atoms with Crippen LogP contribution >= 0.6 is 11.9 Å². The maximum absolute atomic E-state index is 15.2. The van der Waals surface area contributed by atoms with E-state index in [1.807, 2.05) is 48.5 Å². The van der Waals surface area contributed by atoms with Gasteiger partial charge >= 0.3 is 0 Å². The van der Waals surface area contributed by atoms with Crippen molar-refractivity contribution in [1.29, 1.82) is 0 Å². The molecule has 2 aliphatic rings. The second-order valence-corrected chi connectivity index (χ2v) is 10.2. The monoisotopic (exact) mass is 468 g/mol. The molecular formula is C28H37FN2OS. The molecule has 1 N–H and O–H groups in total. The van der Waals surface area contributed by atoms with Crippen LogP contribution in [0.5, 0.6) is 0 Å². The normalized spacial score (nSPS) is 16.9. The highest BCUT2D eigenvalue weighted by Crippen LogP contribution is 2.46. The first kappa shape index (κ1) is 25.6. The Morgan fingerprint density at radius 3 is 2.45 bits per heavy atom. The maximum Gasteiger partial charge on any atom is 0.134 e. The second kappa shape index (κ2) is 13.0. The summed E-state index contributed by atoms with van der Waals surface area (Å²) in [6, 6.07) is 18.3. The molecule has 1 heterocycles. The predicted molar refractivity (Wildman–Crippen MR) is 138 cm³/mol. The van der Waals surface area contributed by atoms with E-state index in [9.17, 15) is 0 Å². The minimum Gasteiger partial charge on any atom is -0.381 e. The van der Waals surface area contributed by atoms with Crippen molar-refractivity contribution in [2.75, 3.05) is 32.1 Å². The van der Waals surface area contributed by atoms with E-state index in [-0.39, 0.29) is 17.3 Å². The molecule has 5 heteroatoms. The number of halogens is 1. The van der Waals surface area contributed by atoms with Gasteiger partial charge in [0.2, 0.25) is 0 Å². The lowest BCUT2D eigenvalue weighted by molar-refractivity contribution is 0.198. The van der Waals surface area contributed by atoms with E-state index < -0.39 is 0 Å². The lowest BCUT2D eigenvalue weighted by Gasteiger charge is -2.30. The van der Waals surface area contributed by atoms with Crippen molar-refractivity contribution in [2.24, 2.45) is 5.41 Å². The first-order chi connectivity index (χ1) is 16.1. The SMILES string of the molecule is C#CN(CC1(CNSCC)CC1)C(C)Cc1cccc(-c2ccccc2)c1F.C1CCOC1. The number of benzene rings is 2. The summed E-state index contributed by atoms with van der Waals surface area (Å²) in [5.74, 6) is 0.919. The average molecular weight is 469 g/mol. The van der Waals surface area contributed by atoms with Crippen molar-refractivity contribution in [3.8, 4) is 23.6 Å². The van der Waals surface area contributed by atoms with Gasteiger partial charge in [-0.25, -0.2) is 4.39 Å². The number of terminal acetylenes is 1. The van der Waals surface area contributed by atoms with Crippen molar-refractivity contribution in [3.63, 3.8) is 0 Å². The molecule has 0 spiro atoms. The number of nitrogens with one attached hydrogen (secondary N) is 1. The summed E-state index contributed by atoms with van der Waals surface area (Å²) in [6.07, 6.45) is 11.4. The van der Waals surface area contributed by atoms with Crippen LogP contribution < -0.4 is 4.72 Å². The molecule has 3 nitrogen and oxygen atoms in total. The molecule has 33 heavy (non-hydrogen) atoms. The largest absolute Gasteiger partial charge is 0.381 e. The van der Waals surface area contributed by atoms with E-state index in [4.69, 9.17) is 11.2 Å². The highest BCUT2D eigenvalue weighted by Gasteiger charge is 2.44. The molecule has 0 radical (unpaired) electrons. The van der Waals surface area contributed by atoms with Crippen LogP contribution in [0.2, 0.25) is 0 Å². The summed E-state index contributed by atoms with van der Waals surface area (Å²) in [6.45, 7) is 8.08. The smallest absolute Gasteiger partial charge is 0.134 e. The van der Waals surface area contributed by atoms with Gasteiger partial charge < -0.3 is 9.64 Å². The molecular weight excluding hydrogens is 431 g/mol. The van der Waals surface area contributed by atoms with Gasteiger partial charge in [-0.3, -0.25) is 4.72 Å². The second-order valence-electron chi connectivity index (χ2n) is 9.03. The van der Waals surface area contributed by atoms with Gasteiger partial charge in [-0.1, -0.05) is 73.8 Å². The fourth-order valence-corrected chi connectivity index (χ4v) is 4.69. The molecule has 2 fully saturated rings. The molecule has 1 atom stereocenters. The number of nitrogens with zero attached hydrogens (tertiary/aromatic N) is 1. The topological polar surface area (TPSA) is 24.5 Å². The van der Waals surface area contributed by atoms with Crippen molar-refractivity contribution >= 4 is 11.9 Å². The van der Waals surface area contributed by atoms with E-state index in [0.29, 0.717) is 12.0 Å². The van der Waals surface area contributed by atoms with Crippen LogP contribution in [0.25, 0.3) is 11.1 Å². The Morgan fingerprint density at radius 1 is 1.15 bits per heavy atom. The standard InChI is InChI=1S/C24H29FN2S.C4H8O/c1-4-27(18-24(14-15-24)17-26-28-5-2)19(3)16-21-12-9-13-22(23(21)25)20-10-7-6-8-11-20;1-2-4-5-3-1/h1,6-13,19,26H,5,14-18H2,2-3H3;1-4H2. The number of rotatable bonds is 10. The molecule has 0 bridgehead atoms. The predicted octanol–water partition coefficient (Wildman–Crippen LogP) is 6.15. The zero-order valence-corrected chi connectivity index (χ0v) is 20.8. The molecule has 2 aromatic rings. The number of hydrogen-bond acceptors (Lipinski definition) is 4. The molecule has 178 valence electrons. The van der Waals surface area contributed by atoms with Crippen LogP contribution in [0.15, 0.2) is 48.5 Å². The van der Waals surface area contributed by atoms with Gasteiger partial charge in [0.05, 0.1) is 0 Å². The Morgan fingerprint density at radius 2 is 1.88 bits per heavy atom. The van der Waals surface area contributed by atoms with E-state index in [2.05, 4.69) is 29.5 Å². The molecule has 1 saturated carbocycles. The fraction of sp³-hybridized carbons (Fsp3) is 0.500. The lowest BCUT2D eigenvalue weighted by atomic mass is 9.97. The van der Waals surface area contributed by atoms with Crippen molar-refractivity contribution in [2.45, 2.75) is 52.0 Å². The van der Waals surface area contributed by atoms with Gasteiger partial charge in [-0.2, -0.15) is 0 Å². The van der Waals surface area contributed by atoms with Crippen molar-refractivity contribution < 1.29 is 9.13 Å².